The zero-order chi connectivity index (χ0) is 53.6. The smallest absolute Gasteiger partial charge is 0.306 e. The third-order valence-electron chi connectivity index (χ3n) is 14.0. The minimum atomic E-state index is -0.772. The average Bonchev–Trinajstić information content (AvgIpc) is 3.40. The molecule has 74 heavy (non-hydrogen) atoms. The van der Waals surface area contributed by atoms with Crippen LogP contribution in [0.2, 0.25) is 0 Å². The van der Waals surface area contributed by atoms with Crippen LogP contribution in [0.3, 0.4) is 0 Å². The van der Waals surface area contributed by atoms with Crippen LogP contribution in [0.1, 0.15) is 323 Å². The summed E-state index contributed by atoms with van der Waals surface area (Å²) in [6, 6.07) is 0. The zero-order valence-corrected chi connectivity index (χ0v) is 49.1. The lowest BCUT2D eigenvalue weighted by Crippen LogP contribution is -2.30. The van der Waals surface area contributed by atoms with Crippen LogP contribution in [0.15, 0.2) is 72.9 Å². The number of allylic oxidation sites excluding steroid dienone is 12. The van der Waals surface area contributed by atoms with Gasteiger partial charge in [-0.05, 0) is 70.6 Å². The van der Waals surface area contributed by atoms with E-state index in [-0.39, 0.29) is 31.1 Å². The van der Waals surface area contributed by atoms with Crippen molar-refractivity contribution in [1.82, 2.24) is 0 Å². The fraction of sp³-hybridized carbons (Fsp3) is 0.779. The lowest BCUT2D eigenvalue weighted by Gasteiger charge is -2.18. The highest BCUT2D eigenvalue weighted by Crippen LogP contribution is 2.17. The van der Waals surface area contributed by atoms with E-state index in [9.17, 15) is 14.4 Å². The van der Waals surface area contributed by atoms with E-state index < -0.39 is 6.10 Å². The Bertz CT molecular complexity index is 1370. The molecule has 0 saturated carbocycles. The van der Waals surface area contributed by atoms with Gasteiger partial charge in [0.15, 0.2) is 6.10 Å². The largest absolute Gasteiger partial charge is 0.462 e. The summed E-state index contributed by atoms with van der Waals surface area (Å²) >= 11 is 0. The molecule has 0 aromatic rings. The van der Waals surface area contributed by atoms with Crippen molar-refractivity contribution in [1.29, 1.82) is 0 Å². The van der Waals surface area contributed by atoms with E-state index >= 15 is 0 Å². The van der Waals surface area contributed by atoms with Crippen LogP contribution in [-0.2, 0) is 28.6 Å². The first-order valence-corrected chi connectivity index (χ1v) is 31.9. The second-order valence-electron chi connectivity index (χ2n) is 21.3. The van der Waals surface area contributed by atoms with Gasteiger partial charge in [0, 0.05) is 19.3 Å². The fourth-order valence-corrected chi connectivity index (χ4v) is 9.21. The van der Waals surface area contributed by atoms with E-state index in [0.717, 1.165) is 96.3 Å². The lowest BCUT2D eigenvalue weighted by atomic mass is 10.0. The molecule has 0 rings (SSSR count). The van der Waals surface area contributed by atoms with E-state index in [1.54, 1.807) is 0 Å². The summed E-state index contributed by atoms with van der Waals surface area (Å²) < 4.78 is 16.8. The Morgan fingerprint density at radius 3 is 0.824 bits per heavy atom. The molecule has 0 aliphatic carbocycles. The SMILES string of the molecule is CC/C=C\C/C=C\C/C=C\C/C=C\C/C=C\C/C=C\CCCCCCCCCCCCC(=O)OCC(COC(=O)CCCCCCCCC)OC(=O)CCCCCCCCCCCCCCCCCCCCCC. The molecule has 0 aliphatic rings. The summed E-state index contributed by atoms with van der Waals surface area (Å²) in [6.07, 6.45) is 80.8. The van der Waals surface area contributed by atoms with Crippen LogP contribution >= 0.6 is 0 Å². The molecule has 0 N–H and O–H groups in total. The molecule has 0 aromatic carbocycles. The van der Waals surface area contributed by atoms with Crippen LogP contribution in [0.4, 0.5) is 0 Å². The minimum Gasteiger partial charge on any atom is -0.462 e. The maximum Gasteiger partial charge on any atom is 0.306 e. The first-order chi connectivity index (χ1) is 36.5. The Kier molecular flexibility index (Phi) is 59.7. The Labute approximate surface area is 459 Å². The van der Waals surface area contributed by atoms with Crippen LogP contribution in [-0.4, -0.2) is 37.2 Å². The van der Waals surface area contributed by atoms with Gasteiger partial charge in [0.05, 0.1) is 0 Å². The van der Waals surface area contributed by atoms with Crippen molar-refractivity contribution < 1.29 is 28.6 Å². The van der Waals surface area contributed by atoms with Crippen LogP contribution in [0.5, 0.6) is 0 Å². The van der Waals surface area contributed by atoms with E-state index in [1.165, 1.54) is 186 Å². The molecule has 1 unspecified atom stereocenters. The molecule has 0 amide bonds. The van der Waals surface area contributed by atoms with Gasteiger partial charge in [-0.3, -0.25) is 14.4 Å². The van der Waals surface area contributed by atoms with Crippen molar-refractivity contribution >= 4 is 17.9 Å². The Balaban J connectivity index is 4.11. The molecule has 0 spiro atoms. The number of hydrogen-bond donors (Lipinski definition) is 0. The molecular weight excluding hydrogens is 913 g/mol. The van der Waals surface area contributed by atoms with Gasteiger partial charge in [0.1, 0.15) is 13.2 Å². The number of carbonyl (C=O) groups is 3. The summed E-state index contributed by atoms with van der Waals surface area (Å²) in [5, 5.41) is 0. The lowest BCUT2D eigenvalue weighted by molar-refractivity contribution is -0.167. The maximum absolute atomic E-state index is 12.9. The molecule has 1 atom stereocenters. The van der Waals surface area contributed by atoms with Gasteiger partial charge >= 0.3 is 17.9 Å². The number of ether oxygens (including phenoxy) is 3. The second kappa shape index (κ2) is 62.4. The summed E-state index contributed by atoms with van der Waals surface area (Å²) in [5.74, 6) is -0.868. The predicted molar refractivity (Wildman–Crippen MR) is 321 cm³/mol. The van der Waals surface area contributed by atoms with Crippen molar-refractivity contribution in [2.24, 2.45) is 0 Å². The van der Waals surface area contributed by atoms with E-state index in [0.29, 0.717) is 19.3 Å². The molecular formula is C68H120O6. The van der Waals surface area contributed by atoms with Crippen molar-refractivity contribution in [2.75, 3.05) is 13.2 Å². The van der Waals surface area contributed by atoms with E-state index in [4.69, 9.17) is 14.2 Å². The highest BCUT2D eigenvalue weighted by molar-refractivity contribution is 5.71. The normalized spacial score (nSPS) is 12.5. The average molecular weight is 1030 g/mol. The van der Waals surface area contributed by atoms with Gasteiger partial charge in [-0.1, -0.05) is 306 Å². The maximum atomic E-state index is 12.9. The molecule has 0 fully saturated rings. The molecule has 0 aliphatic heterocycles. The number of carbonyl (C=O) groups excluding carboxylic acids is 3. The highest BCUT2D eigenvalue weighted by Gasteiger charge is 2.19. The van der Waals surface area contributed by atoms with Gasteiger partial charge in [0.25, 0.3) is 0 Å². The van der Waals surface area contributed by atoms with Crippen molar-refractivity contribution in [2.45, 2.75) is 329 Å². The zero-order valence-electron chi connectivity index (χ0n) is 49.1. The topological polar surface area (TPSA) is 78.9 Å². The van der Waals surface area contributed by atoms with E-state index in [2.05, 4.69) is 93.7 Å². The summed E-state index contributed by atoms with van der Waals surface area (Å²) in [4.78, 5) is 38.1. The molecule has 0 bridgehead atoms. The summed E-state index contributed by atoms with van der Waals surface area (Å²) in [5.41, 5.74) is 0. The van der Waals surface area contributed by atoms with E-state index in [1.807, 2.05) is 0 Å². The Morgan fingerprint density at radius 1 is 0.284 bits per heavy atom. The van der Waals surface area contributed by atoms with Crippen molar-refractivity contribution in [3.05, 3.63) is 72.9 Å². The summed E-state index contributed by atoms with van der Waals surface area (Å²) in [6.45, 7) is 6.52. The number of unbranched alkanes of at least 4 members (excludes halogenated alkanes) is 35. The van der Waals surface area contributed by atoms with Crippen LogP contribution < -0.4 is 0 Å². The molecule has 6 heteroatoms. The number of rotatable bonds is 58. The standard InChI is InChI=1S/C68H120O6/c1-4-7-10-13-16-18-20-22-24-26-28-30-31-32-33-34-35-36-37-38-40-41-43-45-47-49-52-55-58-61-67(70)73-64-65(63-72-66(69)60-57-54-51-15-12-9-6-3)74-68(71)62-59-56-53-50-48-46-44-42-39-29-27-25-23-21-19-17-14-11-8-5-2/h7,10,16,18,22,24,28,30,32-33,35-36,65H,4-6,8-9,11-15,17,19-21,23,25-27,29,31,34,37-64H2,1-3H3/b10-7-,18-16-,24-22-,30-28-,33-32-,36-35-. The van der Waals surface area contributed by atoms with Gasteiger partial charge in [-0.15, -0.1) is 0 Å². The van der Waals surface area contributed by atoms with Gasteiger partial charge in [-0.25, -0.2) is 0 Å². The van der Waals surface area contributed by atoms with Gasteiger partial charge in [0.2, 0.25) is 0 Å². The molecule has 428 valence electrons. The monoisotopic (exact) mass is 1030 g/mol. The van der Waals surface area contributed by atoms with Crippen molar-refractivity contribution in [3.8, 4) is 0 Å². The minimum absolute atomic E-state index is 0.0723. The fourth-order valence-electron chi connectivity index (χ4n) is 9.21. The second-order valence-corrected chi connectivity index (χ2v) is 21.3. The van der Waals surface area contributed by atoms with Crippen LogP contribution in [0.25, 0.3) is 0 Å². The molecule has 0 saturated heterocycles. The number of hydrogen-bond acceptors (Lipinski definition) is 6. The molecule has 0 radical (unpaired) electrons. The van der Waals surface area contributed by atoms with Gasteiger partial charge < -0.3 is 14.2 Å². The third-order valence-corrected chi connectivity index (χ3v) is 14.0. The predicted octanol–water partition coefficient (Wildman–Crippen LogP) is 21.7. The first kappa shape index (κ1) is 70.8. The molecule has 0 aromatic heterocycles. The van der Waals surface area contributed by atoms with Gasteiger partial charge in [-0.2, -0.15) is 0 Å². The molecule has 6 nitrogen and oxygen atoms in total. The number of esters is 3. The Morgan fingerprint density at radius 2 is 0.527 bits per heavy atom. The van der Waals surface area contributed by atoms with Crippen molar-refractivity contribution in [3.63, 3.8) is 0 Å². The molecule has 0 heterocycles. The summed E-state index contributed by atoms with van der Waals surface area (Å²) in [7, 11) is 0. The first-order valence-electron chi connectivity index (χ1n) is 31.9. The Hall–Kier alpha value is -3.15. The quantitative estimate of drug-likeness (QED) is 0.0261. The third kappa shape index (κ3) is 59.7. The van der Waals surface area contributed by atoms with Crippen LogP contribution in [0, 0.1) is 0 Å². The highest BCUT2D eigenvalue weighted by atomic mass is 16.6.